The Labute approximate surface area is 99.0 Å². The molecule has 0 aromatic heterocycles. The number of rotatable bonds is 2. The fourth-order valence-electron chi connectivity index (χ4n) is 1.97. The molecule has 0 spiro atoms. The number of hydrogen-bond acceptors (Lipinski definition) is 4. The first-order chi connectivity index (χ1) is 8.36. The van der Waals surface area contributed by atoms with Crippen molar-refractivity contribution in [2.45, 2.75) is 6.10 Å². The van der Waals surface area contributed by atoms with Crippen LogP contribution in [-0.4, -0.2) is 42.2 Å². The summed E-state index contributed by atoms with van der Waals surface area (Å²) >= 11 is 0. The van der Waals surface area contributed by atoms with E-state index in [0.29, 0.717) is 24.8 Å². The highest BCUT2D eigenvalue weighted by Crippen LogP contribution is 2.13. The Morgan fingerprint density at radius 3 is 2.82 bits per heavy atom. The summed E-state index contributed by atoms with van der Waals surface area (Å²) in [5.74, 6) is 0.936. The summed E-state index contributed by atoms with van der Waals surface area (Å²) in [7, 11) is 0. The topological polar surface area (TPSA) is 59.7 Å². The lowest BCUT2D eigenvalue weighted by Crippen LogP contribution is -2.49. The van der Waals surface area contributed by atoms with Crippen molar-refractivity contribution in [1.82, 2.24) is 5.32 Å². The van der Waals surface area contributed by atoms with E-state index in [9.17, 15) is 5.21 Å². The quantitative estimate of drug-likeness (QED) is 0.590. The fourth-order valence-corrected chi connectivity index (χ4v) is 1.97. The molecule has 5 heteroatoms. The van der Waals surface area contributed by atoms with Crippen LogP contribution in [0.5, 0.6) is 0 Å². The van der Waals surface area contributed by atoms with Crippen LogP contribution in [0.1, 0.15) is 5.56 Å². The van der Waals surface area contributed by atoms with Crippen LogP contribution in [0.25, 0.3) is 0 Å². The second kappa shape index (κ2) is 4.27. The van der Waals surface area contributed by atoms with Crippen molar-refractivity contribution in [3.05, 3.63) is 41.1 Å². The van der Waals surface area contributed by atoms with Gasteiger partial charge < -0.3 is 15.3 Å². The molecule has 0 radical (unpaired) electrons. The van der Waals surface area contributed by atoms with Crippen molar-refractivity contribution in [2.75, 3.05) is 19.7 Å². The summed E-state index contributed by atoms with van der Waals surface area (Å²) in [4.78, 5) is 4.28. The zero-order chi connectivity index (χ0) is 11.7. The Bertz CT molecular complexity index is 476. The molecule has 1 saturated heterocycles. The monoisotopic (exact) mass is 231 g/mol. The highest BCUT2D eigenvalue weighted by atomic mass is 16.5. The Hall–Kier alpha value is -1.72. The predicted molar refractivity (Wildman–Crippen MR) is 64.2 cm³/mol. The molecule has 88 valence electrons. The van der Waals surface area contributed by atoms with Gasteiger partial charge in [0.05, 0.1) is 12.2 Å². The minimum atomic E-state index is -0.214. The number of aliphatic imine (C=N–C) groups is 1. The van der Waals surface area contributed by atoms with Gasteiger partial charge >= 0.3 is 0 Å². The minimum Gasteiger partial charge on any atom is -0.740 e. The van der Waals surface area contributed by atoms with Crippen molar-refractivity contribution >= 4 is 11.7 Å². The second-order valence-corrected chi connectivity index (χ2v) is 4.02. The van der Waals surface area contributed by atoms with Gasteiger partial charge in [0, 0.05) is 13.1 Å². The van der Waals surface area contributed by atoms with Crippen LogP contribution in [0, 0.1) is 5.21 Å². The molecule has 1 aromatic rings. The fraction of sp³-hybridized carbons (Fsp3) is 0.333. The van der Waals surface area contributed by atoms with Crippen molar-refractivity contribution in [1.29, 1.82) is 0 Å². The molecular weight excluding hydrogens is 218 g/mol. The number of nitrogens with zero attached hydrogens (tertiary/aromatic N) is 2. The van der Waals surface area contributed by atoms with E-state index in [2.05, 4.69) is 10.3 Å². The molecule has 5 nitrogen and oxygen atoms in total. The molecule has 0 saturated carbocycles. The summed E-state index contributed by atoms with van der Waals surface area (Å²) in [5, 5.41) is 15.1. The smallest absolute Gasteiger partial charge is 0.274 e. The molecule has 2 aliphatic rings. The molecular formula is C12H13N3O2. The molecule has 3 rings (SSSR count). The second-order valence-electron chi connectivity index (χ2n) is 4.02. The number of hydroxylamine groups is 1. The Morgan fingerprint density at radius 2 is 2.18 bits per heavy atom. The van der Waals surface area contributed by atoms with E-state index in [0.717, 1.165) is 16.8 Å². The molecule has 0 bridgehead atoms. The highest BCUT2D eigenvalue weighted by Gasteiger charge is 2.33. The first-order valence-electron chi connectivity index (χ1n) is 5.67. The molecule has 2 aliphatic heterocycles. The van der Waals surface area contributed by atoms with E-state index >= 15 is 0 Å². The average Bonchev–Trinajstić information content (AvgIpc) is 2.40. The number of ether oxygens (including phenoxy) is 1. The molecule has 0 aliphatic carbocycles. The number of hydrogen-bond donors (Lipinski definition) is 1. The standard InChI is InChI=1S/C12H13N3O2/c16-15-11(9-4-2-1-3-5-9)14-12(15)10-8-13-6-7-17-10/h1-5,10,13H,6-8H2. The summed E-state index contributed by atoms with van der Waals surface area (Å²) in [5.41, 5.74) is 0.843. The van der Waals surface area contributed by atoms with Crippen LogP contribution < -0.4 is 5.32 Å². The maximum Gasteiger partial charge on any atom is 0.274 e. The SMILES string of the molecule is [O-][N+]1=C(C2CNCCO2)N=C1c1ccccc1. The van der Waals surface area contributed by atoms with Crippen LogP contribution in [0.15, 0.2) is 35.3 Å². The maximum absolute atomic E-state index is 11.9. The number of nitrogens with one attached hydrogen (secondary N) is 1. The normalized spacial score (nSPS) is 24.2. The molecule has 1 unspecified atom stereocenters. The molecule has 0 amide bonds. The lowest BCUT2D eigenvalue weighted by molar-refractivity contribution is -0.344. The third-order valence-electron chi connectivity index (χ3n) is 2.87. The summed E-state index contributed by atoms with van der Waals surface area (Å²) in [6.45, 7) is 2.11. The predicted octanol–water partition coefficient (Wildman–Crippen LogP) is 0.344. The lowest BCUT2D eigenvalue weighted by Gasteiger charge is -2.28. The van der Waals surface area contributed by atoms with Gasteiger partial charge in [-0.2, -0.15) is 0 Å². The molecule has 1 aromatic carbocycles. The molecule has 1 fully saturated rings. The van der Waals surface area contributed by atoms with E-state index in [1.165, 1.54) is 0 Å². The Kier molecular flexibility index (Phi) is 2.62. The van der Waals surface area contributed by atoms with E-state index in [4.69, 9.17) is 4.74 Å². The summed E-state index contributed by atoms with van der Waals surface area (Å²) in [6.07, 6.45) is -0.214. The Balaban J connectivity index is 1.77. The molecule has 2 heterocycles. The molecule has 17 heavy (non-hydrogen) atoms. The van der Waals surface area contributed by atoms with Crippen molar-refractivity contribution < 1.29 is 9.48 Å². The molecule has 1 atom stereocenters. The zero-order valence-electron chi connectivity index (χ0n) is 9.30. The van der Waals surface area contributed by atoms with Crippen molar-refractivity contribution in [3.8, 4) is 0 Å². The third-order valence-corrected chi connectivity index (χ3v) is 2.87. The third kappa shape index (κ3) is 1.83. The summed E-state index contributed by atoms with van der Waals surface area (Å²) in [6, 6.07) is 9.45. The van der Waals surface area contributed by atoms with E-state index < -0.39 is 0 Å². The first kappa shape index (κ1) is 10.4. The van der Waals surface area contributed by atoms with E-state index in [1.807, 2.05) is 30.3 Å². The van der Waals surface area contributed by atoms with Crippen molar-refractivity contribution in [3.63, 3.8) is 0 Å². The van der Waals surface area contributed by atoms with E-state index in [1.54, 1.807) is 0 Å². The average molecular weight is 231 g/mol. The van der Waals surface area contributed by atoms with Gasteiger partial charge in [-0.3, -0.25) is 0 Å². The Morgan fingerprint density at radius 1 is 1.35 bits per heavy atom. The van der Waals surface area contributed by atoms with Gasteiger partial charge in [0.2, 0.25) is 0 Å². The minimum absolute atomic E-state index is 0.214. The zero-order valence-corrected chi connectivity index (χ0v) is 9.30. The van der Waals surface area contributed by atoms with Gasteiger partial charge in [-0.1, -0.05) is 23.2 Å². The van der Waals surface area contributed by atoms with Crippen LogP contribution >= 0.6 is 0 Å². The lowest BCUT2D eigenvalue weighted by atomic mass is 10.1. The van der Waals surface area contributed by atoms with Gasteiger partial charge in [0.25, 0.3) is 11.7 Å². The van der Waals surface area contributed by atoms with Gasteiger partial charge in [-0.25, -0.2) is 4.74 Å². The summed E-state index contributed by atoms with van der Waals surface area (Å²) < 4.78 is 6.36. The number of amidine groups is 2. The number of benzene rings is 1. The molecule has 1 N–H and O–H groups in total. The van der Waals surface area contributed by atoms with Crippen LogP contribution in [-0.2, 0) is 4.74 Å². The van der Waals surface area contributed by atoms with E-state index in [-0.39, 0.29) is 6.10 Å². The number of morpholine rings is 1. The first-order valence-corrected chi connectivity index (χ1v) is 5.67. The largest absolute Gasteiger partial charge is 0.740 e. The van der Waals surface area contributed by atoms with Crippen LogP contribution in [0.2, 0.25) is 0 Å². The van der Waals surface area contributed by atoms with Crippen molar-refractivity contribution in [2.24, 2.45) is 4.99 Å². The van der Waals surface area contributed by atoms with Gasteiger partial charge in [0.1, 0.15) is 0 Å². The van der Waals surface area contributed by atoms with Crippen LogP contribution in [0.4, 0.5) is 0 Å². The van der Waals surface area contributed by atoms with Gasteiger partial charge in [-0.05, 0) is 12.1 Å². The van der Waals surface area contributed by atoms with Gasteiger partial charge in [0.15, 0.2) is 6.10 Å². The highest BCUT2D eigenvalue weighted by molar-refractivity contribution is 6.10. The maximum atomic E-state index is 11.9. The van der Waals surface area contributed by atoms with Crippen LogP contribution in [0.3, 0.4) is 0 Å². The van der Waals surface area contributed by atoms with Gasteiger partial charge in [-0.15, -0.1) is 0 Å².